The van der Waals surface area contributed by atoms with E-state index in [9.17, 15) is 0 Å². The highest BCUT2D eigenvalue weighted by atomic mass is 31.2. The Bertz CT molecular complexity index is 691. The summed E-state index contributed by atoms with van der Waals surface area (Å²) in [5.74, 6) is 0. The zero-order valence-corrected chi connectivity index (χ0v) is 14.6. The van der Waals surface area contributed by atoms with Gasteiger partial charge in [0.05, 0.1) is 6.61 Å². The zero-order valence-electron chi connectivity index (χ0n) is 13.7. The Morgan fingerprint density at radius 1 is 0.708 bits per heavy atom. The molecule has 0 aliphatic rings. The van der Waals surface area contributed by atoms with Crippen LogP contribution in [0.5, 0.6) is 0 Å². The van der Waals surface area contributed by atoms with Crippen LogP contribution in [0.4, 0.5) is 0 Å². The quantitative estimate of drug-likeness (QED) is 0.428. The van der Waals surface area contributed by atoms with Gasteiger partial charge < -0.3 is 4.74 Å². The van der Waals surface area contributed by atoms with Crippen LogP contribution in [-0.4, -0.2) is 12.2 Å². The second-order valence-electron chi connectivity index (χ2n) is 5.42. The molecule has 0 amide bonds. The number of nitrogens with one attached hydrogen (secondary N) is 1. The van der Waals surface area contributed by atoms with Crippen molar-refractivity contribution >= 4 is 28.8 Å². The summed E-state index contributed by atoms with van der Waals surface area (Å²) in [5, 5.41) is 12.3. The van der Waals surface area contributed by atoms with Crippen molar-refractivity contribution in [3.63, 3.8) is 0 Å². The summed E-state index contributed by atoms with van der Waals surface area (Å²) in [6.45, 7) is 2.43. The highest BCUT2D eigenvalue weighted by Gasteiger charge is 2.52. The molecule has 120 valence electrons. The predicted octanol–water partition coefficient (Wildman–Crippen LogP) is 3.95. The second-order valence-corrected chi connectivity index (χ2v) is 8.71. The molecule has 3 aromatic rings. The van der Waals surface area contributed by atoms with Gasteiger partial charge in [-0.3, -0.25) is 0 Å². The zero-order chi connectivity index (χ0) is 16.8. The Kier molecular flexibility index (Phi) is 5.08. The van der Waals surface area contributed by atoms with E-state index < -0.39 is 7.26 Å². The van der Waals surface area contributed by atoms with Crippen LogP contribution in [0.3, 0.4) is 0 Å². The fourth-order valence-electron chi connectivity index (χ4n) is 2.99. The van der Waals surface area contributed by atoms with Crippen LogP contribution in [0.25, 0.3) is 0 Å². The van der Waals surface area contributed by atoms with Gasteiger partial charge >= 0.3 is 5.64 Å². The third-order valence-corrected chi connectivity index (χ3v) is 7.97. The summed E-state index contributed by atoms with van der Waals surface area (Å²) in [7, 11) is -2.30. The van der Waals surface area contributed by atoms with E-state index in [1.165, 1.54) is 0 Å². The summed E-state index contributed by atoms with van der Waals surface area (Å²) < 4.78 is 5.80. The van der Waals surface area contributed by atoms with Crippen molar-refractivity contribution in [1.82, 2.24) is 0 Å². The highest BCUT2D eigenvalue weighted by Crippen LogP contribution is 2.56. The summed E-state index contributed by atoms with van der Waals surface area (Å²) in [4.78, 5) is 0. The molecule has 3 aromatic carbocycles. The number of ether oxygens (including phenoxy) is 1. The Hall–Kier alpha value is -2.44. The number of hydrogen-bond acceptors (Lipinski definition) is 2. The third kappa shape index (κ3) is 2.86. The minimum atomic E-state index is -2.30. The molecule has 0 atom stereocenters. The average molecular weight is 334 g/mol. The maximum absolute atomic E-state index is 8.83. The molecule has 0 aromatic heterocycles. The lowest BCUT2D eigenvalue weighted by Crippen LogP contribution is -2.37. The van der Waals surface area contributed by atoms with E-state index in [0.717, 1.165) is 15.9 Å². The molecule has 2 nitrogen and oxygen atoms in total. The minimum absolute atomic E-state index is 0.355. The van der Waals surface area contributed by atoms with E-state index in [4.69, 9.17) is 10.1 Å². The molecule has 0 radical (unpaired) electrons. The van der Waals surface area contributed by atoms with Gasteiger partial charge in [-0.2, -0.15) is 0 Å². The van der Waals surface area contributed by atoms with Crippen molar-refractivity contribution in [2.24, 2.45) is 0 Å². The largest absolute Gasteiger partial charge is 0.452 e. The van der Waals surface area contributed by atoms with Gasteiger partial charge in [0.1, 0.15) is 15.9 Å². The molecule has 3 heteroatoms. The maximum Gasteiger partial charge on any atom is 0.348 e. The topological polar surface area (TPSA) is 33.1 Å². The fourth-order valence-corrected chi connectivity index (χ4v) is 6.77. The predicted molar refractivity (Wildman–Crippen MR) is 105 cm³/mol. The Morgan fingerprint density at radius 3 is 1.33 bits per heavy atom. The van der Waals surface area contributed by atoms with Crippen molar-refractivity contribution in [3.05, 3.63) is 91.0 Å². The molecule has 0 saturated carbocycles. The van der Waals surface area contributed by atoms with Gasteiger partial charge in [0.2, 0.25) is 7.26 Å². The van der Waals surface area contributed by atoms with Gasteiger partial charge in [0.25, 0.3) is 0 Å². The van der Waals surface area contributed by atoms with E-state index >= 15 is 0 Å². The van der Waals surface area contributed by atoms with E-state index in [0.29, 0.717) is 12.2 Å². The van der Waals surface area contributed by atoms with Crippen molar-refractivity contribution in [2.45, 2.75) is 6.92 Å². The molecular formula is C21H21NOP+. The maximum atomic E-state index is 8.83. The molecule has 0 aliphatic carbocycles. The van der Waals surface area contributed by atoms with Gasteiger partial charge in [-0.1, -0.05) is 54.6 Å². The van der Waals surface area contributed by atoms with Gasteiger partial charge in [-0.05, 0) is 43.3 Å². The molecule has 0 bridgehead atoms. The standard InChI is InChI=1S/C21H21NOP/c1-2-23-21(22)24(18-12-6-3-7-13-18,19-14-8-4-9-15-19)20-16-10-5-11-17-20/h3-17,22H,2H2,1H3/q+1. The first-order valence-electron chi connectivity index (χ1n) is 8.08. The smallest absolute Gasteiger partial charge is 0.348 e. The van der Waals surface area contributed by atoms with Crippen LogP contribution < -0.4 is 15.9 Å². The first kappa shape index (κ1) is 16.4. The highest BCUT2D eigenvalue weighted by molar-refractivity contribution is 8.08. The first-order chi connectivity index (χ1) is 11.8. The first-order valence-corrected chi connectivity index (χ1v) is 9.87. The molecular weight excluding hydrogens is 313 g/mol. The van der Waals surface area contributed by atoms with Crippen molar-refractivity contribution < 1.29 is 4.74 Å². The molecule has 0 unspecified atom stereocenters. The Balaban J connectivity index is 2.35. The molecule has 0 aliphatic heterocycles. The van der Waals surface area contributed by atoms with E-state index in [1.54, 1.807) is 0 Å². The third-order valence-electron chi connectivity index (χ3n) is 4.02. The van der Waals surface area contributed by atoms with Gasteiger partial charge in [0, 0.05) is 0 Å². The van der Waals surface area contributed by atoms with Crippen LogP contribution in [0.1, 0.15) is 6.92 Å². The Morgan fingerprint density at radius 2 is 1.04 bits per heavy atom. The van der Waals surface area contributed by atoms with E-state index in [1.807, 2.05) is 61.5 Å². The van der Waals surface area contributed by atoms with Crippen LogP contribution >= 0.6 is 7.26 Å². The summed E-state index contributed by atoms with van der Waals surface area (Å²) in [6, 6.07) is 30.9. The van der Waals surface area contributed by atoms with Crippen LogP contribution in [-0.2, 0) is 4.74 Å². The van der Waals surface area contributed by atoms with Gasteiger partial charge in [-0.15, -0.1) is 0 Å². The molecule has 24 heavy (non-hydrogen) atoms. The SMILES string of the molecule is CCOC(=N)[P+](c1ccccc1)(c1ccccc1)c1ccccc1. The Labute approximate surface area is 144 Å². The summed E-state index contributed by atoms with van der Waals surface area (Å²) >= 11 is 0. The van der Waals surface area contributed by atoms with Crippen LogP contribution in [0, 0.1) is 5.41 Å². The molecule has 0 saturated heterocycles. The average Bonchev–Trinajstić information content (AvgIpc) is 2.65. The number of rotatable bonds is 5. The van der Waals surface area contributed by atoms with Crippen LogP contribution in [0.15, 0.2) is 91.0 Å². The lowest BCUT2D eigenvalue weighted by atomic mass is 10.4. The second kappa shape index (κ2) is 7.42. The molecule has 0 spiro atoms. The fraction of sp³-hybridized carbons (Fsp3) is 0.0952. The van der Waals surface area contributed by atoms with Crippen molar-refractivity contribution in [3.8, 4) is 0 Å². The normalized spacial score (nSPS) is 11.0. The molecule has 0 fully saturated rings. The van der Waals surface area contributed by atoms with Gasteiger partial charge in [0.15, 0.2) is 0 Å². The number of benzene rings is 3. The summed E-state index contributed by atoms with van der Waals surface area (Å²) in [5.41, 5.74) is 0.355. The molecule has 3 rings (SSSR count). The van der Waals surface area contributed by atoms with Crippen molar-refractivity contribution in [2.75, 3.05) is 6.61 Å². The lowest BCUT2D eigenvalue weighted by molar-refractivity contribution is 0.334. The monoisotopic (exact) mass is 334 g/mol. The van der Waals surface area contributed by atoms with Crippen molar-refractivity contribution in [1.29, 1.82) is 5.41 Å². The van der Waals surface area contributed by atoms with E-state index in [2.05, 4.69) is 36.4 Å². The lowest BCUT2D eigenvalue weighted by Gasteiger charge is -2.26. The minimum Gasteiger partial charge on any atom is -0.452 e. The van der Waals surface area contributed by atoms with E-state index in [-0.39, 0.29) is 0 Å². The number of hydrogen-bond donors (Lipinski definition) is 1. The molecule has 0 heterocycles. The molecule has 1 N–H and O–H groups in total. The van der Waals surface area contributed by atoms with Gasteiger partial charge in [-0.25, -0.2) is 5.41 Å². The van der Waals surface area contributed by atoms with Crippen LogP contribution in [0.2, 0.25) is 0 Å². The summed E-state index contributed by atoms with van der Waals surface area (Å²) in [6.07, 6.45) is 0.